The van der Waals surface area contributed by atoms with E-state index in [1.807, 2.05) is 32.0 Å². The van der Waals surface area contributed by atoms with Gasteiger partial charge in [-0.25, -0.2) is 0 Å². The van der Waals surface area contributed by atoms with E-state index in [0.29, 0.717) is 6.61 Å². The lowest BCUT2D eigenvalue weighted by atomic mass is 10.1. The van der Waals surface area contributed by atoms with Gasteiger partial charge < -0.3 is 14.6 Å². The second kappa shape index (κ2) is 8.25. The van der Waals surface area contributed by atoms with Gasteiger partial charge in [-0.3, -0.25) is 4.90 Å². The van der Waals surface area contributed by atoms with Crippen molar-refractivity contribution in [3.05, 3.63) is 29.3 Å². The van der Waals surface area contributed by atoms with Crippen LogP contribution < -0.4 is 4.74 Å². The molecule has 114 valence electrons. The third kappa shape index (κ3) is 5.49. The second-order valence-electron chi connectivity index (χ2n) is 5.40. The van der Waals surface area contributed by atoms with E-state index in [2.05, 4.69) is 11.9 Å². The van der Waals surface area contributed by atoms with E-state index in [0.717, 1.165) is 30.0 Å². The molecule has 0 saturated heterocycles. The summed E-state index contributed by atoms with van der Waals surface area (Å²) in [5.41, 5.74) is 1.99. The lowest BCUT2D eigenvalue weighted by Gasteiger charge is -2.20. The molecule has 4 nitrogen and oxygen atoms in total. The molecular formula is C16H27NO3. The van der Waals surface area contributed by atoms with Gasteiger partial charge in [-0.2, -0.15) is 0 Å². The SMILES string of the molecule is COc1ccc(C(C)O)cc1CN(C)CCOC(C)C. The highest BCUT2D eigenvalue weighted by atomic mass is 16.5. The zero-order chi connectivity index (χ0) is 15.1. The maximum absolute atomic E-state index is 9.67. The normalized spacial score (nSPS) is 13.0. The van der Waals surface area contributed by atoms with Crippen molar-refractivity contribution in [2.24, 2.45) is 0 Å². The first-order valence-corrected chi connectivity index (χ1v) is 7.09. The lowest BCUT2D eigenvalue weighted by Crippen LogP contribution is -2.24. The van der Waals surface area contributed by atoms with Crippen molar-refractivity contribution in [3.63, 3.8) is 0 Å². The number of nitrogens with zero attached hydrogens (tertiary/aromatic N) is 1. The van der Waals surface area contributed by atoms with Gasteiger partial charge in [0.05, 0.1) is 25.9 Å². The van der Waals surface area contributed by atoms with Crippen LogP contribution in [0.2, 0.25) is 0 Å². The Morgan fingerprint density at radius 3 is 2.50 bits per heavy atom. The molecule has 0 heterocycles. The van der Waals surface area contributed by atoms with E-state index >= 15 is 0 Å². The van der Waals surface area contributed by atoms with Gasteiger partial charge in [-0.15, -0.1) is 0 Å². The molecule has 1 aromatic carbocycles. The third-order valence-corrected chi connectivity index (χ3v) is 3.15. The predicted molar refractivity (Wildman–Crippen MR) is 81.0 cm³/mol. The number of rotatable bonds is 8. The number of hydrogen-bond acceptors (Lipinski definition) is 4. The zero-order valence-corrected chi connectivity index (χ0v) is 13.2. The number of ether oxygens (including phenoxy) is 2. The summed E-state index contributed by atoms with van der Waals surface area (Å²) in [4.78, 5) is 2.19. The van der Waals surface area contributed by atoms with Gasteiger partial charge in [0.25, 0.3) is 0 Å². The quantitative estimate of drug-likeness (QED) is 0.795. The number of likely N-dealkylation sites (N-methyl/N-ethyl adjacent to an activating group) is 1. The molecule has 4 heteroatoms. The summed E-state index contributed by atoms with van der Waals surface area (Å²) in [6.07, 6.45) is -0.203. The maximum atomic E-state index is 9.67. The molecule has 0 spiro atoms. The molecule has 0 aromatic heterocycles. The number of aliphatic hydroxyl groups is 1. The molecule has 1 rings (SSSR count). The van der Waals surface area contributed by atoms with E-state index in [1.54, 1.807) is 14.0 Å². The van der Waals surface area contributed by atoms with Gasteiger partial charge >= 0.3 is 0 Å². The Balaban J connectivity index is 2.66. The Morgan fingerprint density at radius 1 is 1.25 bits per heavy atom. The molecule has 1 atom stereocenters. The highest BCUT2D eigenvalue weighted by Crippen LogP contribution is 2.24. The molecule has 1 N–H and O–H groups in total. The van der Waals surface area contributed by atoms with Gasteiger partial charge in [0.1, 0.15) is 5.75 Å². The summed E-state index contributed by atoms with van der Waals surface area (Å²) >= 11 is 0. The molecule has 0 fully saturated rings. The predicted octanol–water partition coefficient (Wildman–Crippen LogP) is 2.61. The summed E-state index contributed by atoms with van der Waals surface area (Å²) in [5, 5.41) is 9.67. The number of methoxy groups -OCH3 is 1. The van der Waals surface area contributed by atoms with Gasteiger partial charge in [0.2, 0.25) is 0 Å². The molecule has 0 aliphatic heterocycles. The second-order valence-corrected chi connectivity index (χ2v) is 5.40. The average molecular weight is 281 g/mol. The first-order chi connectivity index (χ1) is 9.43. The zero-order valence-electron chi connectivity index (χ0n) is 13.2. The Labute approximate surface area is 122 Å². The molecule has 0 radical (unpaired) electrons. The van der Waals surface area contributed by atoms with Crippen LogP contribution in [0.5, 0.6) is 5.75 Å². The van der Waals surface area contributed by atoms with E-state index in [-0.39, 0.29) is 6.10 Å². The molecule has 0 aliphatic rings. The van der Waals surface area contributed by atoms with Crippen molar-refractivity contribution < 1.29 is 14.6 Å². The Kier molecular flexibility index (Phi) is 6.99. The van der Waals surface area contributed by atoms with Crippen molar-refractivity contribution in [3.8, 4) is 5.75 Å². The number of hydrogen-bond donors (Lipinski definition) is 1. The number of aliphatic hydroxyl groups excluding tert-OH is 1. The summed E-state index contributed by atoms with van der Waals surface area (Å²) in [6, 6.07) is 5.81. The lowest BCUT2D eigenvalue weighted by molar-refractivity contribution is 0.0625. The fraction of sp³-hybridized carbons (Fsp3) is 0.625. The molecule has 0 amide bonds. The molecule has 1 unspecified atom stereocenters. The van der Waals surface area contributed by atoms with Gasteiger partial charge in [0.15, 0.2) is 0 Å². The molecule has 0 saturated carbocycles. The highest BCUT2D eigenvalue weighted by molar-refractivity contribution is 5.38. The van der Waals surface area contributed by atoms with Gasteiger partial charge in [-0.1, -0.05) is 6.07 Å². The van der Waals surface area contributed by atoms with Crippen molar-refractivity contribution in [2.45, 2.75) is 39.5 Å². The molecule has 20 heavy (non-hydrogen) atoms. The van der Waals surface area contributed by atoms with Gasteiger partial charge in [-0.05, 0) is 45.5 Å². The van der Waals surface area contributed by atoms with Crippen LogP contribution in [0.25, 0.3) is 0 Å². The van der Waals surface area contributed by atoms with E-state index < -0.39 is 6.10 Å². The average Bonchev–Trinajstić information content (AvgIpc) is 2.38. The van der Waals surface area contributed by atoms with Crippen molar-refractivity contribution in [1.82, 2.24) is 4.90 Å². The van der Waals surface area contributed by atoms with Crippen LogP contribution in [0.15, 0.2) is 18.2 Å². The first-order valence-electron chi connectivity index (χ1n) is 7.09. The highest BCUT2D eigenvalue weighted by Gasteiger charge is 2.10. The fourth-order valence-corrected chi connectivity index (χ4v) is 2.00. The van der Waals surface area contributed by atoms with Crippen LogP contribution in [-0.2, 0) is 11.3 Å². The third-order valence-electron chi connectivity index (χ3n) is 3.15. The molecular weight excluding hydrogens is 254 g/mol. The Hall–Kier alpha value is -1.10. The van der Waals surface area contributed by atoms with Crippen molar-refractivity contribution in [1.29, 1.82) is 0 Å². The summed E-state index contributed by atoms with van der Waals surface area (Å²) in [7, 11) is 3.72. The Morgan fingerprint density at radius 2 is 1.95 bits per heavy atom. The van der Waals surface area contributed by atoms with E-state index in [1.165, 1.54) is 0 Å². The largest absolute Gasteiger partial charge is 0.496 e. The topological polar surface area (TPSA) is 41.9 Å². The minimum atomic E-state index is -0.464. The van der Waals surface area contributed by atoms with Crippen LogP contribution in [-0.4, -0.2) is 43.4 Å². The first kappa shape index (κ1) is 17.0. The van der Waals surface area contributed by atoms with Crippen LogP contribution >= 0.6 is 0 Å². The minimum Gasteiger partial charge on any atom is -0.496 e. The molecule has 0 bridgehead atoms. The summed E-state index contributed by atoms with van der Waals surface area (Å²) < 4.78 is 10.9. The van der Waals surface area contributed by atoms with Crippen LogP contribution in [0.3, 0.4) is 0 Å². The standard InChI is InChI=1S/C16H27NO3/c1-12(2)20-9-8-17(4)11-15-10-14(13(3)18)6-7-16(15)19-5/h6-7,10,12-13,18H,8-9,11H2,1-5H3. The van der Waals surface area contributed by atoms with E-state index in [9.17, 15) is 5.11 Å². The monoisotopic (exact) mass is 281 g/mol. The van der Waals surface area contributed by atoms with Crippen molar-refractivity contribution in [2.75, 3.05) is 27.3 Å². The summed E-state index contributed by atoms with van der Waals surface area (Å²) in [5.74, 6) is 0.853. The molecule has 1 aromatic rings. The van der Waals surface area contributed by atoms with Crippen LogP contribution in [0.4, 0.5) is 0 Å². The molecule has 0 aliphatic carbocycles. The van der Waals surface area contributed by atoms with E-state index in [4.69, 9.17) is 9.47 Å². The summed E-state index contributed by atoms with van der Waals surface area (Å²) in [6.45, 7) is 8.19. The van der Waals surface area contributed by atoms with Crippen LogP contribution in [0.1, 0.15) is 38.0 Å². The smallest absolute Gasteiger partial charge is 0.123 e. The van der Waals surface area contributed by atoms with Crippen LogP contribution in [0, 0.1) is 0 Å². The van der Waals surface area contributed by atoms with Gasteiger partial charge in [0, 0.05) is 18.7 Å². The fourth-order valence-electron chi connectivity index (χ4n) is 2.00. The number of benzene rings is 1. The van der Waals surface area contributed by atoms with Crippen molar-refractivity contribution >= 4 is 0 Å². The minimum absolute atomic E-state index is 0.261. The maximum Gasteiger partial charge on any atom is 0.123 e. The Bertz CT molecular complexity index is 405.